The van der Waals surface area contributed by atoms with Gasteiger partial charge in [-0.05, 0) is 12.1 Å². The summed E-state index contributed by atoms with van der Waals surface area (Å²) >= 11 is 0. The van der Waals surface area contributed by atoms with Gasteiger partial charge in [-0.25, -0.2) is 9.99 Å². The fourth-order valence-electron chi connectivity index (χ4n) is 0.786. The van der Waals surface area contributed by atoms with Crippen molar-refractivity contribution in [1.29, 1.82) is 0 Å². The molecule has 0 aliphatic rings. The highest BCUT2D eigenvalue weighted by atomic mass is 16.4. The van der Waals surface area contributed by atoms with Gasteiger partial charge in [-0.15, -0.1) is 4.91 Å². The first-order valence-corrected chi connectivity index (χ1v) is 3.47. The topological polar surface area (TPSA) is 82.9 Å². The molecule has 0 atom stereocenters. The maximum Gasteiger partial charge on any atom is 0.325 e. The summed E-state index contributed by atoms with van der Waals surface area (Å²) in [6, 6.07) is 4.81. The number of nitroso groups, excluding NO2 is 1. The standard InChI is InChI=1S/C7H7N3O3/c11-7(12)5-10(9-13)6-3-1-2-4-8-6/h1-4H,5H2,(H,11,12). The lowest BCUT2D eigenvalue weighted by Gasteiger charge is -2.09. The van der Waals surface area contributed by atoms with Gasteiger partial charge in [-0.3, -0.25) is 4.79 Å². The van der Waals surface area contributed by atoms with E-state index in [-0.39, 0.29) is 5.82 Å². The SMILES string of the molecule is O=NN(CC(=O)O)c1ccccn1. The fourth-order valence-corrected chi connectivity index (χ4v) is 0.786. The second-order valence-corrected chi connectivity index (χ2v) is 2.22. The van der Waals surface area contributed by atoms with E-state index in [1.807, 2.05) is 0 Å². The van der Waals surface area contributed by atoms with Crippen LogP contribution < -0.4 is 5.01 Å². The van der Waals surface area contributed by atoms with Gasteiger partial charge in [0.25, 0.3) is 0 Å². The quantitative estimate of drug-likeness (QED) is 0.544. The van der Waals surface area contributed by atoms with Crippen LogP contribution in [0.1, 0.15) is 0 Å². The molecular weight excluding hydrogens is 174 g/mol. The third-order valence-corrected chi connectivity index (χ3v) is 1.30. The van der Waals surface area contributed by atoms with Crippen molar-refractivity contribution in [2.75, 3.05) is 11.6 Å². The molecule has 68 valence electrons. The van der Waals surface area contributed by atoms with E-state index in [0.717, 1.165) is 5.01 Å². The Morgan fingerprint density at radius 2 is 2.38 bits per heavy atom. The lowest BCUT2D eigenvalue weighted by molar-refractivity contribution is -0.135. The number of hydrogen-bond acceptors (Lipinski definition) is 4. The highest BCUT2D eigenvalue weighted by Gasteiger charge is 2.10. The number of pyridine rings is 1. The molecule has 1 N–H and O–H groups in total. The molecule has 0 fully saturated rings. The number of carboxylic acids is 1. The molecule has 0 aliphatic heterocycles. The van der Waals surface area contributed by atoms with Crippen LogP contribution in [-0.2, 0) is 4.79 Å². The zero-order valence-corrected chi connectivity index (χ0v) is 6.62. The molecule has 1 heterocycles. The van der Waals surface area contributed by atoms with Gasteiger partial charge >= 0.3 is 5.97 Å². The van der Waals surface area contributed by atoms with Gasteiger partial charge in [0.15, 0.2) is 5.82 Å². The van der Waals surface area contributed by atoms with Gasteiger partial charge in [0.05, 0.1) is 5.29 Å². The summed E-state index contributed by atoms with van der Waals surface area (Å²) in [7, 11) is 0. The second-order valence-electron chi connectivity index (χ2n) is 2.22. The molecule has 13 heavy (non-hydrogen) atoms. The van der Waals surface area contributed by atoms with E-state index < -0.39 is 12.5 Å². The maximum absolute atomic E-state index is 10.3. The Bertz CT molecular complexity index is 301. The Balaban J connectivity index is 2.78. The minimum absolute atomic E-state index is 0.222. The maximum atomic E-state index is 10.3. The summed E-state index contributed by atoms with van der Waals surface area (Å²) in [5.41, 5.74) is 0. The van der Waals surface area contributed by atoms with Crippen molar-refractivity contribution in [2.24, 2.45) is 5.29 Å². The van der Waals surface area contributed by atoms with Crippen LogP contribution in [0.25, 0.3) is 0 Å². The number of nitrogens with zero attached hydrogens (tertiary/aromatic N) is 3. The third-order valence-electron chi connectivity index (χ3n) is 1.30. The summed E-state index contributed by atoms with van der Waals surface area (Å²) in [5, 5.41) is 11.7. The molecule has 1 aromatic heterocycles. The number of carboxylic acid groups (broad SMARTS) is 1. The Morgan fingerprint density at radius 3 is 2.85 bits per heavy atom. The number of carbonyl (C=O) groups is 1. The Hall–Kier alpha value is -1.98. The summed E-state index contributed by atoms with van der Waals surface area (Å²) < 4.78 is 0. The molecule has 0 unspecified atom stereocenters. The minimum atomic E-state index is -1.13. The van der Waals surface area contributed by atoms with Crippen LogP contribution in [0.5, 0.6) is 0 Å². The van der Waals surface area contributed by atoms with Crippen LogP contribution in [0.4, 0.5) is 5.82 Å². The predicted octanol–water partition coefficient (Wildman–Crippen LogP) is 0.654. The molecule has 1 aromatic rings. The summed E-state index contributed by atoms with van der Waals surface area (Å²) in [6.45, 7) is -0.486. The van der Waals surface area contributed by atoms with Crippen molar-refractivity contribution in [3.8, 4) is 0 Å². The van der Waals surface area contributed by atoms with Crippen molar-refractivity contribution in [3.63, 3.8) is 0 Å². The molecule has 0 aliphatic carbocycles. The lowest BCUT2D eigenvalue weighted by atomic mass is 10.4. The van der Waals surface area contributed by atoms with Crippen molar-refractivity contribution < 1.29 is 9.90 Å². The first-order valence-electron chi connectivity index (χ1n) is 3.47. The van der Waals surface area contributed by atoms with E-state index in [4.69, 9.17) is 5.11 Å². The molecular formula is C7H7N3O3. The highest BCUT2D eigenvalue weighted by Crippen LogP contribution is 2.08. The lowest BCUT2D eigenvalue weighted by Crippen LogP contribution is -2.24. The highest BCUT2D eigenvalue weighted by molar-refractivity contribution is 5.72. The molecule has 0 saturated carbocycles. The van der Waals surface area contributed by atoms with E-state index in [0.29, 0.717) is 0 Å². The smallest absolute Gasteiger partial charge is 0.325 e. The van der Waals surface area contributed by atoms with Crippen LogP contribution in [0.3, 0.4) is 0 Å². The molecule has 0 amide bonds. The van der Waals surface area contributed by atoms with Crippen LogP contribution in [0.15, 0.2) is 29.7 Å². The molecule has 0 saturated heterocycles. The van der Waals surface area contributed by atoms with Gasteiger partial charge < -0.3 is 5.11 Å². The minimum Gasteiger partial charge on any atom is -0.480 e. The van der Waals surface area contributed by atoms with E-state index in [1.54, 1.807) is 12.1 Å². The van der Waals surface area contributed by atoms with Gasteiger partial charge in [-0.2, -0.15) is 0 Å². The largest absolute Gasteiger partial charge is 0.480 e. The number of hydrogen-bond donors (Lipinski definition) is 1. The van der Waals surface area contributed by atoms with Crippen LogP contribution in [0.2, 0.25) is 0 Å². The van der Waals surface area contributed by atoms with Crippen molar-refractivity contribution in [2.45, 2.75) is 0 Å². The Labute approximate surface area is 73.8 Å². The predicted molar refractivity (Wildman–Crippen MR) is 45.0 cm³/mol. The fraction of sp³-hybridized carbons (Fsp3) is 0.143. The zero-order valence-electron chi connectivity index (χ0n) is 6.62. The molecule has 0 bridgehead atoms. The number of rotatable bonds is 4. The molecule has 6 heteroatoms. The van der Waals surface area contributed by atoms with Gasteiger partial charge in [0, 0.05) is 6.20 Å². The summed E-state index contributed by atoms with van der Waals surface area (Å²) in [5.74, 6) is -0.912. The van der Waals surface area contributed by atoms with Crippen LogP contribution in [0, 0.1) is 4.91 Å². The molecule has 6 nitrogen and oxygen atoms in total. The normalized spacial score (nSPS) is 9.23. The van der Waals surface area contributed by atoms with E-state index in [2.05, 4.69) is 10.3 Å². The summed E-state index contributed by atoms with van der Waals surface area (Å²) in [6.07, 6.45) is 1.45. The third kappa shape index (κ3) is 2.51. The number of anilines is 1. The molecule has 0 spiro atoms. The molecule has 1 rings (SSSR count). The van der Waals surface area contributed by atoms with Crippen LogP contribution in [-0.4, -0.2) is 22.6 Å². The monoisotopic (exact) mass is 181 g/mol. The van der Waals surface area contributed by atoms with E-state index in [9.17, 15) is 9.70 Å². The zero-order chi connectivity index (χ0) is 9.68. The van der Waals surface area contributed by atoms with E-state index in [1.165, 1.54) is 12.3 Å². The van der Waals surface area contributed by atoms with Crippen molar-refractivity contribution >= 4 is 11.8 Å². The Morgan fingerprint density at radius 1 is 1.62 bits per heavy atom. The molecule has 0 radical (unpaired) electrons. The number of aromatic nitrogens is 1. The van der Waals surface area contributed by atoms with Crippen molar-refractivity contribution in [1.82, 2.24) is 4.98 Å². The van der Waals surface area contributed by atoms with E-state index >= 15 is 0 Å². The Kier molecular flexibility index (Phi) is 2.91. The average molecular weight is 181 g/mol. The molecule has 0 aromatic carbocycles. The second kappa shape index (κ2) is 4.15. The van der Waals surface area contributed by atoms with Gasteiger partial charge in [-0.1, -0.05) is 6.07 Å². The van der Waals surface area contributed by atoms with Crippen molar-refractivity contribution in [3.05, 3.63) is 29.3 Å². The summed E-state index contributed by atoms with van der Waals surface area (Å²) in [4.78, 5) is 24.3. The van der Waals surface area contributed by atoms with Gasteiger partial charge in [0.1, 0.15) is 6.54 Å². The first-order chi connectivity index (χ1) is 6.24. The first kappa shape index (κ1) is 9.11. The van der Waals surface area contributed by atoms with Crippen LogP contribution >= 0.6 is 0 Å². The number of aliphatic carboxylic acids is 1. The average Bonchev–Trinajstić information content (AvgIpc) is 2.15. The van der Waals surface area contributed by atoms with Gasteiger partial charge in [0.2, 0.25) is 0 Å².